The number of hydroxylamine groups is 1. The van der Waals surface area contributed by atoms with Gasteiger partial charge in [-0.05, 0) is 18.4 Å². The zero-order chi connectivity index (χ0) is 13.7. The van der Waals surface area contributed by atoms with Gasteiger partial charge in [0.25, 0.3) is 0 Å². The molecule has 2 N–H and O–H groups in total. The molecular formula is C13H17F3N2O. The number of alkyl halides is 3. The molecule has 1 fully saturated rings. The van der Waals surface area contributed by atoms with Crippen LogP contribution in [0.4, 0.5) is 13.2 Å². The SMILES string of the molecule is FC(F)(F)C1CCC(NOCc2ccccc2)CN1. The molecule has 0 radical (unpaired) electrons. The summed E-state index contributed by atoms with van der Waals surface area (Å²) in [7, 11) is 0. The Morgan fingerprint density at radius 1 is 1.21 bits per heavy atom. The number of piperidine rings is 1. The lowest BCUT2D eigenvalue weighted by atomic mass is 10.0. The van der Waals surface area contributed by atoms with Crippen LogP contribution >= 0.6 is 0 Å². The summed E-state index contributed by atoms with van der Waals surface area (Å²) in [5.41, 5.74) is 3.83. The lowest BCUT2D eigenvalue weighted by Gasteiger charge is -2.31. The van der Waals surface area contributed by atoms with E-state index in [4.69, 9.17) is 4.84 Å². The quantitative estimate of drug-likeness (QED) is 0.827. The molecule has 0 saturated carbocycles. The molecule has 0 bridgehead atoms. The van der Waals surface area contributed by atoms with Crippen LogP contribution in [0.3, 0.4) is 0 Å². The highest BCUT2D eigenvalue weighted by molar-refractivity contribution is 5.13. The molecule has 2 atom stereocenters. The van der Waals surface area contributed by atoms with E-state index in [0.717, 1.165) is 5.56 Å². The fourth-order valence-electron chi connectivity index (χ4n) is 2.05. The van der Waals surface area contributed by atoms with Crippen molar-refractivity contribution in [3.8, 4) is 0 Å². The summed E-state index contributed by atoms with van der Waals surface area (Å²) >= 11 is 0. The normalized spacial score (nSPS) is 24.4. The first-order valence-corrected chi connectivity index (χ1v) is 6.27. The lowest BCUT2D eigenvalue weighted by Crippen LogP contribution is -2.53. The van der Waals surface area contributed by atoms with Crippen LogP contribution in [0.5, 0.6) is 0 Å². The van der Waals surface area contributed by atoms with Crippen LogP contribution in [0.15, 0.2) is 30.3 Å². The van der Waals surface area contributed by atoms with Gasteiger partial charge in [0, 0.05) is 12.6 Å². The first-order valence-electron chi connectivity index (χ1n) is 6.27. The Bertz CT molecular complexity index is 375. The second-order valence-corrected chi connectivity index (χ2v) is 4.67. The standard InChI is InChI=1S/C13H17F3N2O/c14-13(15,16)12-7-6-11(8-17-12)18-19-9-10-4-2-1-3-5-10/h1-5,11-12,17-18H,6-9H2. The number of hydrogen-bond donors (Lipinski definition) is 2. The molecule has 6 heteroatoms. The maximum Gasteiger partial charge on any atom is 0.403 e. The number of rotatable bonds is 4. The molecule has 1 aliphatic rings. The van der Waals surface area contributed by atoms with Crippen molar-refractivity contribution in [2.24, 2.45) is 0 Å². The van der Waals surface area contributed by atoms with E-state index in [1.807, 2.05) is 30.3 Å². The molecule has 2 rings (SSSR count). The third-order valence-electron chi connectivity index (χ3n) is 3.14. The van der Waals surface area contributed by atoms with Crippen LogP contribution in [-0.4, -0.2) is 24.8 Å². The van der Waals surface area contributed by atoms with Crippen LogP contribution in [0.1, 0.15) is 18.4 Å². The van der Waals surface area contributed by atoms with Gasteiger partial charge in [0.15, 0.2) is 0 Å². The number of halogens is 3. The van der Waals surface area contributed by atoms with E-state index in [1.165, 1.54) is 0 Å². The minimum Gasteiger partial charge on any atom is -0.305 e. The molecule has 106 valence electrons. The van der Waals surface area contributed by atoms with Crippen molar-refractivity contribution < 1.29 is 18.0 Å². The van der Waals surface area contributed by atoms with Gasteiger partial charge in [0.05, 0.1) is 6.61 Å². The second-order valence-electron chi connectivity index (χ2n) is 4.67. The Kier molecular flexibility index (Phi) is 4.79. The largest absolute Gasteiger partial charge is 0.403 e. The summed E-state index contributed by atoms with van der Waals surface area (Å²) < 4.78 is 37.3. The Labute approximate surface area is 110 Å². The van der Waals surface area contributed by atoms with E-state index in [9.17, 15) is 13.2 Å². The first-order chi connectivity index (χ1) is 9.05. The van der Waals surface area contributed by atoms with Crippen LogP contribution in [0.25, 0.3) is 0 Å². The smallest absolute Gasteiger partial charge is 0.305 e. The highest BCUT2D eigenvalue weighted by Crippen LogP contribution is 2.26. The molecule has 0 amide bonds. The van der Waals surface area contributed by atoms with Gasteiger partial charge in [-0.2, -0.15) is 18.7 Å². The second kappa shape index (κ2) is 6.36. The van der Waals surface area contributed by atoms with Crippen molar-refractivity contribution in [2.45, 2.75) is 37.7 Å². The molecule has 3 nitrogen and oxygen atoms in total. The predicted octanol–water partition coefficient (Wildman–Crippen LogP) is 2.39. The predicted molar refractivity (Wildman–Crippen MR) is 65.2 cm³/mol. The molecule has 1 aromatic rings. The van der Waals surface area contributed by atoms with Gasteiger partial charge in [0.1, 0.15) is 6.04 Å². The summed E-state index contributed by atoms with van der Waals surface area (Å²) in [4.78, 5) is 5.31. The monoisotopic (exact) mass is 274 g/mol. The molecule has 1 saturated heterocycles. The Hall–Kier alpha value is -1.11. The van der Waals surface area contributed by atoms with Crippen molar-refractivity contribution in [2.75, 3.05) is 6.54 Å². The van der Waals surface area contributed by atoms with Crippen molar-refractivity contribution in [3.63, 3.8) is 0 Å². The average molecular weight is 274 g/mol. The number of hydrogen-bond acceptors (Lipinski definition) is 3. The van der Waals surface area contributed by atoms with Gasteiger partial charge < -0.3 is 5.32 Å². The van der Waals surface area contributed by atoms with E-state index in [2.05, 4.69) is 10.8 Å². The Morgan fingerprint density at radius 3 is 2.53 bits per heavy atom. The molecule has 2 unspecified atom stereocenters. The number of benzene rings is 1. The van der Waals surface area contributed by atoms with Crippen molar-refractivity contribution >= 4 is 0 Å². The van der Waals surface area contributed by atoms with Crippen molar-refractivity contribution in [1.82, 2.24) is 10.8 Å². The number of nitrogens with one attached hydrogen (secondary N) is 2. The lowest BCUT2D eigenvalue weighted by molar-refractivity contribution is -0.163. The topological polar surface area (TPSA) is 33.3 Å². The maximum atomic E-state index is 12.4. The van der Waals surface area contributed by atoms with Gasteiger partial charge in [-0.1, -0.05) is 30.3 Å². The van der Waals surface area contributed by atoms with E-state index >= 15 is 0 Å². The third kappa shape index (κ3) is 4.49. The van der Waals surface area contributed by atoms with Crippen LogP contribution in [0.2, 0.25) is 0 Å². The minimum atomic E-state index is -4.16. The zero-order valence-corrected chi connectivity index (χ0v) is 10.4. The van der Waals surface area contributed by atoms with Crippen molar-refractivity contribution in [3.05, 3.63) is 35.9 Å². The minimum absolute atomic E-state index is 0.0792. The Morgan fingerprint density at radius 2 is 1.95 bits per heavy atom. The molecule has 0 spiro atoms. The van der Waals surface area contributed by atoms with Gasteiger partial charge >= 0.3 is 6.18 Å². The average Bonchev–Trinajstić information content (AvgIpc) is 2.39. The molecule has 1 aliphatic heterocycles. The van der Waals surface area contributed by atoms with Gasteiger partial charge in [-0.15, -0.1) is 0 Å². The van der Waals surface area contributed by atoms with Gasteiger partial charge in [-0.3, -0.25) is 4.84 Å². The maximum absolute atomic E-state index is 12.4. The van der Waals surface area contributed by atoms with Crippen LogP contribution in [0, 0.1) is 0 Å². The van der Waals surface area contributed by atoms with Gasteiger partial charge in [0.2, 0.25) is 0 Å². The summed E-state index contributed by atoms with van der Waals surface area (Å²) in [5, 5.41) is 2.49. The van der Waals surface area contributed by atoms with Crippen molar-refractivity contribution in [1.29, 1.82) is 0 Å². The Balaban J connectivity index is 1.66. The van der Waals surface area contributed by atoms with Crippen LogP contribution in [-0.2, 0) is 11.4 Å². The molecular weight excluding hydrogens is 257 g/mol. The van der Waals surface area contributed by atoms with E-state index in [-0.39, 0.29) is 19.0 Å². The molecule has 19 heavy (non-hydrogen) atoms. The molecule has 0 aromatic heterocycles. The fourth-order valence-corrected chi connectivity index (χ4v) is 2.05. The van der Waals surface area contributed by atoms with Crippen LogP contribution < -0.4 is 10.8 Å². The zero-order valence-electron chi connectivity index (χ0n) is 10.4. The molecule has 1 aromatic carbocycles. The summed E-state index contributed by atoms with van der Waals surface area (Å²) in [5.74, 6) is 0. The van der Waals surface area contributed by atoms with E-state index in [0.29, 0.717) is 13.0 Å². The first kappa shape index (κ1) is 14.3. The highest BCUT2D eigenvalue weighted by Gasteiger charge is 2.41. The highest BCUT2D eigenvalue weighted by atomic mass is 19.4. The van der Waals surface area contributed by atoms with E-state index in [1.54, 1.807) is 0 Å². The van der Waals surface area contributed by atoms with E-state index < -0.39 is 12.2 Å². The summed E-state index contributed by atoms with van der Waals surface area (Å²) in [6.07, 6.45) is -3.63. The third-order valence-corrected chi connectivity index (χ3v) is 3.14. The fraction of sp³-hybridized carbons (Fsp3) is 0.538. The summed E-state index contributed by atoms with van der Waals surface area (Å²) in [6.45, 7) is 0.666. The van der Waals surface area contributed by atoms with Gasteiger partial charge in [-0.25, -0.2) is 0 Å². The molecule has 1 heterocycles. The summed E-state index contributed by atoms with van der Waals surface area (Å²) in [6, 6.07) is 8.13. The molecule has 0 aliphatic carbocycles.